The molecule has 0 fully saturated rings. The van der Waals surface area contributed by atoms with Crippen molar-refractivity contribution in [3.05, 3.63) is 12.7 Å². The van der Waals surface area contributed by atoms with Crippen LogP contribution >= 0.6 is 11.8 Å². The van der Waals surface area contributed by atoms with Crippen molar-refractivity contribution in [3.8, 4) is 0 Å². The molecule has 0 amide bonds. The van der Waals surface area contributed by atoms with Crippen molar-refractivity contribution < 1.29 is 0 Å². The van der Waals surface area contributed by atoms with Gasteiger partial charge >= 0.3 is 0 Å². The minimum Gasteiger partial charge on any atom is -0.310 e. The van der Waals surface area contributed by atoms with E-state index in [4.69, 9.17) is 0 Å². The predicted octanol–water partition coefficient (Wildman–Crippen LogP) is 1.90. The molecule has 0 aromatic rings. The maximum Gasteiger partial charge on any atom is 0.0338 e. The fourth-order valence-corrected chi connectivity index (χ4v) is 1.33. The molecule has 0 aromatic heterocycles. The summed E-state index contributed by atoms with van der Waals surface area (Å²) in [5.74, 6) is 1.13. The van der Waals surface area contributed by atoms with E-state index in [-0.39, 0.29) is 0 Å². The molecule has 2 heteroatoms. The van der Waals surface area contributed by atoms with Crippen LogP contribution in [-0.2, 0) is 0 Å². The zero-order valence-electron chi connectivity index (χ0n) is 6.89. The molecule has 0 aliphatic heterocycles. The summed E-state index contributed by atoms with van der Waals surface area (Å²) < 4.78 is 0. The highest BCUT2D eigenvalue weighted by atomic mass is 32.2. The van der Waals surface area contributed by atoms with Crippen LogP contribution in [-0.4, -0.2) is 24.6 Å². The van der Waals surface area contributed by atoms with Crippen LogP contribution in [0.15, 0.2) is 12.7 Å². The Morgan fingerprint density at radius 3 is 2.80 bits per heavy atom. The summed E-state index contributed by atoms with van der Waals surface area (Å²) in [6.45, 7) is 7.02. The Balaban J connectivity index is 3.29. The van der Waals surface area contributed by atoms with Crippen LogP contribution in [0.25, 0.3) is 0 Å². The lowest BCUT2D eigenvalue weighted by molar-refractivity contribution is 0.631. The zero-order valence-corrected chi connectivity index (χ0v) is 7.71. The van der Waals surface area contributed by atoms with Crippen LogP contribution in [0.5, 0.6) is 0 Å². The molecule has 0 aliphatic rings. The molecule has 0 aromatic carbocycles. The van der Waals surface area contributed by atoms with Crippen molar-refractivity contribution in [2.75, 3.05) is 18.6 Å². The number of hydrogen-bond acceptors (Lipinski definition) is 2. The standard InChI is InChI=1S/C8H17NS/c1-4-6-9-8(5-2)7-10-3/h5,8-9H,2,4,6-7H2,1,3H3. The van der Waals surface area contributed by atoms with E-state index in [9.17, 15) is 0 Å². The fraction of sp³-hybridized carbons (Fsp3) is 0.750. The molecule has 0 rings (SSSR count). The summed E-state index contributed by atoms with van der Waals surface area (Å²) in [5.41, 5.74) is 0. The van der Waals surface area contributed by atoms with E-state index in [1.807, 2.05) is 17.8 Å². The minimum absolute atomic E-state index is 0.495. The molecule has 60 valence electrons. The summed E-state index contributed by atoms with van der Waals surface area (Å²) in [7, 11) is 0. The summed E-state index contributed by atoms with van der Waals surface area (Å²) in [4.78, 5) is 0. The van der Waals surface area contributed by atoms with Gasteiger partial charge in [-0.15, -0.1) is 6.58 Å². The Kier molecular flexibility index (Phi) is 7.20. The molecular formula is C8H17NS. The molecule has 0 radical (unpaired) electrons. The van der Waals surface area contributed by atoms with Crippen LogP contribution in [0.1, 0.15) is 13.3 Å². The predicted molar refractivity (Wildman–Crippen MR) is 50.7 cm³/mol. The first-order chi connectivity index (χ1) is 4.85. The Labute approximate surface area is 68.3 Å². The van der Waals surface area contributed by atoms with E-state index < -0.39 is 0 Å². The highest BCUT2D eigenvalue weighted by Gasteiger charge is 1.98. The van der Waals surface area contributed by atoms with Gasteiger partial charge in [-0.3, -0.25) is 0 Å². The number of thioether (sulfide) groups is 1. The SMILES string of the molecule is C=CC(CSC)NCCC. The van der Waals surface area contributed by atoms with Crippen LogP contribution in [0.4, 0.5) is 0 Å². The highest BCUT2D eigenvalue weighted by Crippen LogP contribution is 1.97. The molecule has 0 aliphatic carbocycles. The van der Waals surface area contributed by atoms with Gasteiger partial charge in [-0.25, -0.2) is 0 Å². The number of rotatable bonds is 6. The molecule has 1 nitrogen and oxygen atoms in total. The van der Waals surface area contributed by atoms with Gasteiger partial charge < -0.3 is 5.32 Å². The van der Waals surface area contributed by atoms with E-state index in [1.54, 1.807) is 0 Å². The Morgan fingerprint density at radius 2 is 2.40 bits per heavy atom. The van der Waals surface area contributed by atoms with Crippen LogP contribution in [0.3, 0.4) is 0 Å². The van der Waals surface area contributed by atoms with E-state index in [2.05, 4.69) is 25.1 Å². The van der Waals surface area contributed by atoms with E-state index in [0.29, 0.717) is 6.04 Å². The minimum atomic E-state index is 0.495. The normalized spacial score (nSPS) is 13.0. The first kappa shape index (κ1) is 10.0. The van der Waals surface area contributed by atoms with Crippen molar-refractivity contribution in [2.24, 2.45) is 0 Å². The molecule has 0 saturated carbocycles. The van der Waals surface area contributed by atoms with Gasteiger partial charge in [0.2, 0.25) is 0 Å². The molecule has 0 saturated heterocycles. The number of nitrogens with one attached hydrogen (secondary N) is 1. The molecule has 0 bridgehead atoms. The zero-order chi connectivity index (χ0) is 7.82. The molecule has 1 N–H and O–H groups in total. The van der Waals surface area contributed by atoms with E-state index in [0.717, 1.165) is 12.3 Å². The average molecular weight is 159 g/mol. The lowest BCUT2D eigenvalue weighted by atomic mass is 10.3. The molecule has 1 unspecified atom stereocenters. The molecule has 1 atom stereocenters. The van der Waals surface area contributed by atoms with Gasteiger partial charge in [-0.05, 0) is 19.2 Å². The first-order valence-electron chi connectivity index (χ1n) is 3.70. The van der Waals surface area contributed by atoms with Gasteiger partial charge in [0.15, 0.2) is 0 Å². The lowest BCUT2D eigenvalue weighted by Crippen LogP contribution is -2.29. The first-order valence-corrected chi connectivity index (χ1v) is 5.09. The van der Waals surface area contributed by atoms with Gasteiger partial charge in [0.25, 0.3) is 0 Å². The Bertz CT molecular complexity index is 83.3. The smallest absolute Gasteiger partial charge is 0.0338 e. The van der Waals surface area contributed by atoms with Crippen molar-refractivity contribution in [3.63, 3.8) is 0 Å². The lowest BCUT2D eigenvalue weighted by Gasteiger charge is -2.11. The fourth-order valence-electron chi connectivity index (χ4n) is 0.720. The Hall–Kier alpha value is 0.0500. The molecule has 0 spiro atoms. The highest BCUT2D eigenvalue weighted by molar-refractivity contribution is 7.98. The second-order valence-electron chi connectivity index (χ2n) is 2.25. The van der Waals surface area contributed by atoms with Crippen molar-refractivity contribution in [2.45, 2.75) is 19.4 Å². The molecule has 0 heterocycles. The summed E-state index contributed by atoms with van der Waals surface area (Å²) in [6, 6.07) is 0.495. The van der Waals surface area contributed by atoms with Gasteiger partial charge in [0, 0.05) is 11.8 Å². The van der Waals surface area contributed by atoms with E-state index in [1.165, 1.54) is 6.42 Å². The quantitative estimate of drug-likeness (QED) is 0.594. The Morgan fingerprint density at radius 1 is 1.70 bits per heavy atom. The second-order valence-corrected chi connectivity index (χ2v) is 3.16. The van der Waals surface area contributed by atoms with Crippen molar-refractivity contribution in [1.82, 2.24) is 5.32 Å². The molecular weight excluding hydrogens is 142 g/mol. The van der Waals surface area contributed by atoms with Gasteiger partial charge in [-0.1, -0.05) is 13.0 Å². The maximum atomic E-state index is 3.76. The maximum absolute atomic E-state index is 3.76. The van der Waals surface area contributed by atoms with Gasteiger partial charge in [0.1, 0.15) is 0 Å². The van der Waals surface area contributed by atoms with Crippen molar-refractivity contribution >= 4 is 11.8 Å². The summed E-state index contributed by atoms with van der Waals surface area (Å²) in [6.07, 6.45) is 5.29. The topological polar surface area (TPSA) is 12.0 Å². The average Bonchev–Trinajstić information content (AvgIpc) is 1.98. The van der Waals surface area contributed by atoms with Crippen LogP contribution in [0, 0.1) is 0 Å². The van der Waals surface area contributed by atoms with Gasteiger partial charge in [-0.2, -0.15) is 11.8 Å². The molecule has 10 heavy (non-hydrogen) atoms. The second kappa shape index (κ2) is 7.16. The van der Waals surface area contributed by atoms with Crippen molar-refractivity contribution in [1.29, 1.82) is 0 Å². The van der Waals surface area contributed by atoms with Crippen LogP contribution < -0.4 is 5.32 Å². The van der Waals surface area contributed by atoms with E-state index >= 15 is 0 Å². The largest absolute Gasteiger partial charge is 0.310 e. The summed E-state index contributed by atoms with van der Waals surface area (Å²) in [5, 5.41) is 3.38. The van der Waals surface area contributed by atoms with Gasteiger partial charge in [0.05, 0.1) is 0 Å². The monoisotopic (exact) mass is 159 g/mol. The third-order valence-electron chi connectivity index (χ3n) is 1.29. The van der Waals surface area contributed by atoms with Crippen LogP contribution in [0.2, 0.25) is 0 Å². The number of hydrogen-bond donors (Lipinski definition) is 1. The third kappa shape index (κ3) is 4.89. The summed E-state index contributed by atoms with van der Waals surface area (Å²) >= 11 is 1.85. The third-order valence-corrected chi connectivity index (χ3v) is 1.98.